The largest absolute Gasteiger partial charge is 0.472 e. The summed E-state index contributed by atoms with van der Waals surface area (Å²) in [4.78, 5) is 72.5. The maximum atomic E-state index is 13.0. The number of hydrogen-bond donors (Lipinski definition) is 3. The molecule has 0 bridgehead atoms. The number of carbonyl (C=O) groups excluding carboxylic acids is 4. The number of allylic oxidation sites excluding steroid dienone is 4. The molecule has 0 radical (unpaired) electrons. The van der Waals surface area contributed by atoms with Crippen molar-refractivity contribution in [2.24, 2.45) is 0 Å². The normalized spacial score (nSPS) is 14.2. The minimum atomic E-state index is -4.96. The second-order valence-electron chi connectivity index (χ2n) is 24.9. The van der Waals surface area contributed by atoms with Gasteiger partial charge in [-0.2, -0.15) is 0 Å². The Labute approximate surface area is 548 Å². The number of ether oxygens (including phenoxy) is 4. The third kappa shape index (κ3) is 64.3. The molecule has 0 heterocycles. The Balaban J connectivity index is 5.26. The van der Waals surface area contributed by atoms with Crippen LogP contribution in [-0.4, -0.2) is 96.7 Å². The Morgan fingerprint density at radius 2 is 0.533 bits per heavy atom. The molecule has 0 aliphatic carbocycles. The van der Waals surface area contributed by atoms with Gasteiger partial charge in [-0.15, -0.1) is 0 Å². The van der Waals surface area contributed by atoms with Crippen molar-refractivity contribution in [1.29, 1.82) is 0 Å². The maximum absolute atomic E-state index is 13.0. The van der Waals surface area contributed by atoms with E-state index in [1.807, 2.05) is 0 Å². The summed E-state index contributed by atoms with van der Waals surface area (Å²) < 4.78 is 68.2. The topological polar surface area (TPSA) is 237 Å². The summed E-state index contributed by atoms with van der Waals surface area (Å²) in [6.45, 7) is 4.86. The summed E-state index contributed by atoms with van der Waals surface area (Å²) in [7, 11) is -9.91. The van der Waals surface area contributed by atoms with Crippen LogP contribution in [0.1, 0.15) is 349 Å². The number of carbonyl (C=O) groups is 4. The van der Waals surface area contributed by atoms with E-state index in [1.165, 1.54) is 161 Å². The van der Waals surface area contributed by atoms with Gasteiger partial charge >= 0.3 is 39.5 Å². The Kier molecular flexibility index (Phi) is 63.4. The van der Waals surface area contributed by atoms with Crippen molar-refractivity contribution < 1.29 is 80.2 Å². The van der Waals surface area contributed by atoms with Gasteiger partial charge in [-0.25, -0.2) is 9.13 Å². The van der Waals surface area contributed by atoms with Gasteiger partial charge in [0.15, 0.2) is 12.2 Å². The minimum absolute atomic E-state index is 0.0859. The van der Waals surface area contributed by atoms with Gasteiger partial charge in [-0.05, 0) is 51.4 Å². The zero-order valence-electron chi connectivity index (χ0n) is 57.6. The molecule has 5 atom stereocenters. The van der Waals surface area contributed by atoms with E-state index in [9.17, 15) is 43.2 Å². The molecule has 19 heteroatoms. The predicted octanol–water partition coefficient (Wildman–Crippen LogP) is 20.2. The van der Waals surface area contributed by atoms with Crippen molar-refractivity contribution in [2.45, 2.75) is 367 Å². The number of rotatable bonds is 70. The molecule has 0 saturated carbocycles. The quantitative estimate of drug-likeness (QED) is 0.0169. The highest BCUT2D eigenvalue weighted by molar-refractivity contribution is 7.47. The van der Waals surface area contributed by atoms with Gasteiger partial charge in [0.1, 0.15) is 19.3 Å². The molecule has 0 amide bonds. The molecule has 0 aromatic rings. The summed E-state index contributed by atoms with van der Waals surface area (Å²) in [5.74, 6) is -2.15. The lowest BCUT2D eigenvalue weighted by molar-refractivity contribution is -0.161. The number of hydrogen-bond acceptors (Lipinski definition) is 15. The molecule has 90 heavy (non-hydrogen) atoms. The first-order valence-electron chi connectivity index (χ1n) is 36.6. The molecule has 0 aromatic carbocycles. The zero-order chi connectivity index (χ0) is 66.1. The lowest BCUT2D eigenvalue weighted by atomic mass is 10.0. The van der Waals surface area contributed by atoms with Crippen molar-refractivity contribution in [3.8, 4) is 0 Å². The summed E-state index contributed by atoms with van der Waals surface area (Å²) >= 11 is 0. The number of phosphoric acid groups is 2. The molecule has 0 rings (SSSR count). The van der Waals surface area contributed by atoms with Crippen LogP contribution in [0.5, 0.6) is 0 Å². The predicted molar refractivity (Wildman–Crippen MR) is 363 cm³/mol. The first-order chi connectivity index (χ1) is 43.7. The molecule has 0 spiro atoms. The maximum Gasteiger partial charge on any atom is 0.472 e. The van der Waals surface area contributed by atoms with Crippen molar-refractivity contribution in [1.82, 2.24) is 0 Å². The second-order valence-corrected chi connectivity index (χ2v) is 27.8. The summed E-state index contributed by atoms with van der Waals surface area (Å²) in [6.07, 6.45) is 56.2. The van der Waals surface area contributed by atoms with E-state index >= 15 is 0 Å². The second kappa shape index (κ2) is 65.2. The van der Waals surface area contributed by atoms with Crippen LogP contribution in [0, 0.1) is 0 Å². The average molecular weight is 1320 g/mol. The summed E-state index contributed by atoms with van der Waals surface area (Å²) in [5.41, 5.74) is 0. The first-order valence-corrected chi connectivity index (χ1v) is 39.6. The Hall–Kier alpha value is -2.46. The van der Waals surface area contributed by atoms with Gasteiger partial charge in [-0.1, -0.05) is 296 Å². The van der Waals surface area contributed by atoms with Gasteiger partial charge in [0.2, 0.25) is 0 Å². The van der Waals surface area contributed by atoms with Crippen molar-refractivity contribution in [3.05, 3.63) is 24.3 Å². The van der Waals surface area contributed by atoms with E-state index in [0.29, 0.717) is 25.7 Å². The fourth-order valence-corrected chi connectivity index (χ4v) is 11.9. The third-order valence-electron chi connectivity index (χ3n) is 16.0. The molecule has 0 aromatic heterocycles. The van der Waals surface area contributed by atoms with Crippen LogP contribution < -0.4 is 0 Å². The molecular weight excluding hydrogens is 1190 g/mol. The van der Waals surface area contributed by atoms with E-state index in [0.717, 1.165) is 109 Å². The number of unbranched alkanes of at least 4 members (excludes halogenated alkanes) is 41. The molecular formula is C71H134O17P2. The molecule has 3 N–H and O–H groups in total. The Bertz CT molecular complexity index is 1820. The summed E-state index contributed by atoms with van der Waals surface area (Å²) in [6, 6.07) is 0. The monoisotopic (exact) mass is 1320 g/mol. The SMILES string of the molecule is CCCCCC/C=C\C=C/CCCCCCCC(=O)O[C@H](COC(=O)CCCCCCCCCCCCCCCC)COP(=O)(O)OC[C@@H](O)COP(=O)(O)OC[C@@H](COC(=O)CCCCCCCCCC)OC(=O)CCCCCCCCCCCCCCC. The Morgan fingerprint density at radius 3 is 0.811 bits per heavy atom. The third-order valence-corrected chi connectivity index (χ3v) is 17.9. The molecule has 0 aliphatic rings. The van der Waals surface area contributed by atoms with E-state index in [4.69, 9.17) is 37.0 Å². The molecule has 530 valence electrons. The molecule has 0 saturated heterocycles. The number of aliphatic hydroxyl groups excluding tert-OH is 1. The van der Waals surface area contributed by atoms with E-state index in [2.05, 4.69) is 52.0 Å². The van der Waals surface area contributed by atoms with E-state index in [-0.39, 0.29) is 25.7 Å². The lowest BCUT2D eigenvalue weighted by Gasteiger charge is -2.21. The first kappa shape index (κ1) is 87.5. The molecule has 0 aliphatic heterocycles. The van der Waals surface area contributed by atoms with Crippen molar-refractivity contribution in [2.75, 3.05) is 39.6 Å². The standard InChI is InChI=1S/C71H134O17P2/c1-5-9-13-17-21-25-28-31-33-36-39-42-46-50-54-58-71(76)88-67(62-82-69(74)56-52-48-44-40-37-35-32-29-26-22-18-14-10-6-2)64-86-90(79,80)84-60-65(72)59-83-89(77,78)85-63-66(61-81-68(73)55-51-47-43-24-20-16-12-8-4)87-70(75)57-53-49-45-41-38-34-30-27-23-19-15-11-7-3/h25,28,31,33,65-67,72H,5-24,26-27,29-30,32,34-64H2,1-4H3,(H,77,78)(H,79,80)/b28-25-,33-31-/t65-,66+,67+/m0/s1. The molecule has 0 fully saturated rings. The van der Waals surface area contributed by atoms with Crippen LogP contribution in [0.2, 0.25) is 0 Å². The molecule has 17 nitrogen and oxygen atoms in total. The number of aliphatic hydroxyl groups is 1. The van der Waals surface area contributed by atoms with Crippen LogP contribution in [0.3, 0.4) is 0 Å². The van der Waals surface area contributed by atoms with Crippen molar-refractivity contribution in [3.63, 3.8) is 0 Å². The van der Waals surface area contributed by atoms with Gasteiger partial charge in [0.05, 0.1) is 26.4 Å². The fraction of sp³-hybridized carbons (Fsp3) is 0.887. The highest BCUT2D eigenvalue weighted by Crippen LogP contribution is 2.45. The van der Waals surface area contributed by atoms with Gasteiger partial charge < -0.3 is 33.8 Å². The Morgan fingerprint density at radius 1 is 0.311 bits per heavy atom. The van der Waals surface area contributed by atoms with Crippen LogP contribution >= 0.6 is 15.6 Å². The number of esters is 4. The highest BCUT2D eigenvalue weighted by atomic mass is 31.2. The fourth-order valence-electron chi connectivity index (χ4n) is 10.3. The van der Waals surface area contributed by atoms with Gasteiger partial charge in [0, 0.05) is 25.7 Å². The van der Waals surface area contributed by atoms with E-state index < -0.39 is 97.5 Å². The molecule has 2 unspecified atom stereocenters. The van der Waals surface area contributed by atoms with Crippen LogP contribution in [0.4, 0.5) is 0 Å². The highest BCUT2D eigenvalue weighted by Gasteiger charge is 2.30. The zero-order valence-corrected chi connectivity index (χ0v) is 59.4. The minimum Gasteiger partial charge on any atom is -0.462 e. The summed E-state index contributed by atoms with van der Waals surface area (Å²) in [5, 5.41) is 10.6. The average Bonchev–Trinajstić information content (AvgIpc) is 2.74. The number of phosphoric ester groups is 2. The lowest BCUT2D eigenvalue weighted by Crippen LogP contribution is -2.30. The van der Waals surface area contributed by atoms with Crippen LogP contribution in [-0.2, 0) is 65.4 Å². The smallest absolute Gasteiger partial charge is 0.462 e. The van der Waals surface area contributed by atoms with Crippen LogP contribution in [0.25, 0.3) is 0 Å². The van der Waals surface area contributed by atoms with Crippen molar-refractivity contribution >= 4 is 39.5 Å². The van der Waals surface area contributed by atoms with E-state index in [1.54, 1.807) is 0 Å². The van der Waals surface area contributed by atoms with Crippen LogP contribution in [0.15, 0.2) is 24.3 Å². The van der Waals surface area contributed by atoms with Gasteiger partial charge in [0.25, 0.3) is 0 Å². The van der Waals surface area contributed by atoms with Gasteiger partial charge in [-0.3, -0.25) is 37.3 Å².